The maximum atomic E-state index is 6.19. The fourth-order valence-corrected chi connectivity index (χ4v) is 2.40. The van der Waals surface area contributed by atoms with E-state index in [1.807, 2.05) is 18.2 Å². The summed E-state index contributed by atoms with van der Waals surface area (Å²) in [5, 5.41) is 0. The van der Waals surface area contributed by atoms with Crippen molar-refractivity contribution in [3.63, 3.8) is 0 Å². The van der Waals surface area contributed by atoms with E-state index >= 15 is 0 Å². The Bertz CT molecular complexity index is 403. The van der Waals surface area contributed by atoms with Crippen molar-refractivity contribution < 1.29 is 9.47 Å². The van der Waals surface area contributed by atoms with E-state index < -0.39 is 0 Å². The second kappa shape index (κ2) is 6.66. The number of rotatable bonds is 6. The summed E-state index contributed by atoms with van der Waals surface area (Å²) < 4.78 is 11.3. The average molecular weight is 264 g/mol. The van der Waals surface area contributed by atoms with Gasteiger partial charge in [0.15, 0.2) is 0 Å². The summed E-state index contributed by atoms with van der Waals surface area (Å²) in [7, 11) is 2.05. The number of benzene rings is 1. The molecule has 1 aliphatic rings. The molecule has 0 bridgehead atoms. The molecule has 0 spiro atoms. The lowest BCUT2D eigenvalue weighted by Gasteiger charge is -2.25. The third-order valence-electron chi connectivity index (χ3n) is 3.42. The summed E-state index contributed by atoms with van der Waals surface area (Å²) in [6.07, 6.45) is 3.60. The van der Waals surface area contributed by atoms with Gasteiger partial charge in [-0.2, -0.15) is 0 Å². The Kier molecular flexibility index (Phi) is 4.91. The predicted octanol–water partition coefficient (Wildman–Crippen LogP) is 2.67. The molecule has 106 valence electrons. The zero-order valence-corrected chi connectivity index (χ0v) is 11.9. The normalized spacial score (nSPS) is 18.5. The van der Waals surface area contributed by atoms with Crippen molar-refractivity contribution in [2.45, 2.75) is 32.3 Å². The van der Waals surface area contributed by atoms with Crippen LogP contribution in [0.25, 0.3) is 0 Å². The third kappa shape index (κ3) is 3.53. The summed E-state index contributed by atoms with van der Waals surface area (Å²) in [6.45, 7) is 4.54. The largest absolute Gasteiger partial charge is 0.491 e. The Hall–Kier alpha value is -1.42. The molecule has 1 aromatic rings. The van der Waals surface area contributed by atoms with Gasteiger partial charge >= 0.3 is 0 Å². The number of anilines is 2. The van der Waals surface area contributed by atoms with E-state index in [4.69, 9.17) is 15.2 Å². The Morgan fingerprint density at radius 3 is 3.00 bits per heavy atom. The van der Waals surface area contributed by atoms with Crippen LogP contribution in [0, 0.1) is 0 Å². The molecule has 0 amide bonds. The third-order valence-corrected chi connectivity index (χ3v) is 3.42. The molecule has 1 saturated heterocycles. The van der Waals surface area contributed by atoms with Crippen molar-refractivity contribution in [3.05, 3.63) is 18.2 Å². The molecular formula is C15H24N2O2. The van der Waals surface area contributed by atoms with Crippen molar-refractivity contribution in [2.24, 2.45) is 0 Å². The van der Waals surface area contributed by atoms with Crippen LogP contribution in [0.4, 0.5) is 11.4 Å². The molecule has 19 heavy (non-hydrogen) atoms. The number of ether oxygens (including phenoxy) is 2. The molecule has 1 atom stereocenters. The standard InChI is InChI=1S/C15H24N2O2/c1-3-9-19-14-8-4-7-13(15(14)16)17(2)11-12-6-5-10-18-12/h4,7-8,12H,3,5-6,9-11,16H2,1-2H3. The first-order valence-electron chi connectivity index (χ1n) is 7.06. The number of para-hydroxylation sites is 1. The number of nitrogen functional groups attached to an aromatic ring is 1. The molecule has 0 aliphatic carbocycles. The highest BCUT2D eigenvalue weighted by molar-refractivity contribution is 5.73. The highest BCUT2D eigenvalue weighted by atomic mass is 16.5. The highest BCUT2D eigenvalue weighted by Crippen LogP contribution is 2.32. The van der Waals surface area contributed by atoms with E-state index in [0.29, 0.717) is 12.7 Å². The number of hydrogen-bond acceptors (Lipinski definition) is 4. The highest BCUT2D eigenvalue weighted by Gasteiger charge is 2.19. The summed E-state index contributed by atoms with van der Waals surface area (Å²) >= 11 is 0. The van der Waals surface area contributed by atoms with Crippen LogP contribution in [0.2, 0.25) is 0 Å². The lowest BCUT2D eigenvalue weighted by atomic mass is 10.2. The molecule has 1 aliphatic heterocycles. The number of likely N-dealkylation sites (N-methyl/N-ethyl adjacent to an activating group) is 1. The van der Waals surface area contributed by atoms with E-state index in [9.17, 15) is 0 Å². The molecule has 0 aromatic heterocycles. The van der Waals surface area contributed by atoms with Crippen LogP contribution in [-0.2, 0) is 4.74 Å². The second-order valence-corrected chi connectivity index (χ2v) is 5.05. The van der Waals surface area contributed by atoms with Gasteiger partial charge in [-0.3, -0.25) is 0 Å². The maximum absolute atomic E-state index is 6.19. The first kappa shape index (κ1) is 14.0. The summed E-state index contributed by atoms with van der Waals surface area (Å²) in [4.78, 5) is 2.16. The van der Waals surface area contributed by atoms with Gasteiger partial charge in [0, 0.05) is 20.2 Å². The number of nitrogens with zero attached hydrogens (tertiary/aromatic N) is 1. The monoisotopic (exact) mass is 264 g/mol. The second-order valence-electron chi connectivity index (χ2n) is 5.05. The first-order chi connectivity index (χ1) is 9.22. The molecule has 4 nitrogen and oxygen atoms in total. The summed E-state index contributed by atoms with van der Waals surface area (Å²) in [5.74, 6) is 0.776. The van der Waals surface area contributed by atoms with Crippen molar-refractivity contribution in [3.8, 4) is 5.75 Å². The van der Waals surface area contributed by atoms with Gasteiger partial charge in [0.1, 0.15) is 5.75 Å². The van der Waals surface area contributed by atoms with Crippen molar-refractivity contribution in [2.75, 3.05) is 37.4 Å². The molecule has 1 aromatic carbocycles. The quantitative estimate of drug-likeness (QED) is 0.802. The zero-order valence-electron chi connectivity index (χ0n) is 11.9. The molecule has 0 saturated carbocycles. The van der Waals surface area contributed by atoms with Gasteiger partial charge in [0.25, 0.3) is 0 Å². The predicted molar refractivity (Wildman–Crippen MR) is 78.9 cm³/mol. The van der Waals surface area contributed by atoms with Gasteiger partial charge in [-0.25, -0.2) is 0 Å². The van der Waals surface area contributed by atoms with Crippen molar-refractivity contribution in [1.29, 1.82) is 0 Å². The molecule has 0 radical (unpaired) electrons. The minimum atomic E-state index is 0.324. The minimum absolute atomic E-state index is 0.324. The van der Waals surface area contributed by atoms with Crippen LogP contribution < -0.4 is 15.4 Å². The minimum Gasteiger partial charge on any atom is -0.491 e. The molecule has 1 unspecified atom stereocenters. The van der Waals surface area contributed by atoms with Gasteiger partial charge in [-0.1, -0.05) is 13.0 Å². The lowest BCUT2D eigenvalue weighted by molar-refractivity contribution is 0.116. The van der Waals surface area contributed by atoms with Crippen LogP contribution in [-0.4, -0.2) is 32.9 Å². The fourth-order valence-electron chi connectivity index (χ4n) is 2.40. The first-order valence-corrected chi connectivity index (χ1v) is 7.06. The summed E-state index contributed by atoms with van der Waals surface area (Å²) in [5.41, 5.74) is 7.93. The van der Waals surface area contributed by atoms with Crippen LogP contribution in [0.15, 0.2) is 18.2 Å². The Labute approximate surface area is 115 Å². The van der Waals surface area contributed by atoms with Gasteiger partial charge in [-0.05, 0) is 31.4 Å². The summed E-state index contributed by atoms with van der Waals surface area (Å²) in [6, 6.07) is 5.94. The molecular weight excluding hydrogens is 240 g/mol. The zero-order chi connectivity index (χ0) is 13.7. The Morgan fingerprint density at radius 1 is 1.47 bits per heavy atom. The number of hydrogen-bond donors (Lipinski definition) is 1. The van der Waals surface area contributed by atoms with Crippen LogP contribution in [0.1, 0.15) is 26.2 Å². The van der Waals surface area contributed by atoms with Gasteiger partial charge in [-0.15, -0.1) is 0 Å². The van der Waals surface area contributed by atoms with E-state index in [0.717, 1.165) is 49.5 Å². The molecule has 1 fully saturated rings. The van der Waals surface area contributed by atoms with Gasteiger partial charge < -0.3 is 20.1 Å². The SMILES string of the molecule is CCCOc1cccc(N(C)CC2CCCO2)c1N. The van der Waals surface area contributed by atoms with Gasteiger partial charge in [0.05, 0.1) is 24.1 Å². The van der Waals surface area contributed by atoms with Crippen molar-refractivity contribution >= 4 is 11.4 Å². The van der Waals surface area contributed by atoms with Gasteiger partial charge in [0.2, 0.25) is 0 Å². The number of nitrogens with two attached hydrogens (primary N) is 1. The van der Waals surface area contributed by atoms with E-state index in [2.05, 4.69) is 18.9 Å². The average Bonchev–Trinajstić information content (AvgIpc) is 2.90. The Morgan fingerprint density at radius 2 is 2.32 bits per heavy atom. The van der Waals surface area contributed by atoms with Crippen LogP contribution in [0.5, 0.6) is 5.75 Å². The van der Waals surface area contributed by atoms with E-state index in [1.165, 1.54) is 0 Å². The van der Waals surface area contributed by atoms with E-state index in [1.54, 1.807) is 0 Å². The molecule has 4 heteroatoms. The topological polar surface area (TPSA) is 47.7 Å². The Balaban J connectivity index is 2.05. The van der Waals surface area contributed by atoms with Crippen LogP contribution in [0.3, 0.4) is 0 Å². The van der Waals surface area contributed by atoms with E-state index in [-0.39, 0.29) is 0 Å². The van der Waals surface area contributed by atoms with Crippen molar-refractivity contribution in [1.82, 2.24) is 0 Å². The molecule has 1 heterocycles. The maximum Gasteiger partial charge on any atom is 0.144 e. The molecule has 2 rings (SSSR count). The molecule has 2 N–H and O–H groups in total. The fraction of sp³-hybridized carbons (Fsp3) is 0.600. The lowest BCUT2D eigenvalue weighted by Crippen LogP contribution is -2.29. The smallest absolute Gasteiger partial charge is 0.144 e. The van der Waals surface area contributed by atoms with Crippen LogP contribution >= 0.6 is 0 Å².